The fourth-order valence-corrected chi connectivity index (χ4v) is 2.67. The summed E-state index contributed by atoms with van der Waals surface area (Å²) in [6, 6.07) is 9.82. The van der Waals surface area contributed by atoms with Crippen molar-refractivity contribution in [1.29, 1.82) is 0 Å². The van der Waals surface area contributed by atoms with E-state index in [2.05, 4.69) is 29.7 Å². The van der Waals surface area contributed by atoms with E-state index in [1.165, 1.54) is 0 Å². The van der Waals surface area contributed by atoms with Gasteiger partial charge in [0.15, 0.2) is 0 Å². The standard InChI is InChI=1S/C24H29NO3/c1-6-8-9-10-20(14-11-19-12-15-21(16-13-19)25(4)5)23-17-22(18(3)28-23)24(26)27-7-2/h10,12-13,15-17H,6-9H2,1-5H3/b20-10+. The molecule has 2 rings (SSSR count). The first-order valence-corrected chi connectivity index (χ1v) is 9.73. The summed E-state index contributed by atoms with van der Waals surface area (Å²) >= 11 is 0. The quantitative estimate of drug-likeness (QED) is 0.364. The first-order chi connectivity index (χ1) is 13.5. The molecule has 4 nitrogen and oxygen atoms in total. The molecule has 1 heterocycles. The molecule has 0 aliphatic heterocycles. The van der Waals surface area contributed by atoms with Crippen LogP contribution >= 0.6 is 0 Å². The van der Waals surface area contributed by atoms with Crippen LogP contribution in [0, 0.1) is 18.8 Å². The van der Waals surface area contributed by atoms with Crippen molar-refractivity contribution in [2.45, 2.75) is 40.0 Å². The smallest absolute Gasteiger partial charge is 0.341 e. The average Bonchev–Trinajstić information content (AvgIpc) is 3.06. The molecule has 4 heteroatoms. The molecule has 0 saturated heterocycles. The molecule has 28 heavy (non-hydrogen) atoms. The van der Waals surface area contributed by atoms with Gasteiger partial charge >= 0.3 is 5.97 Å². The number of nitrogens with zero attached hydrogens (tertiary/aromatic N) is 1. The molecule has 0 fully saturated rings. The number of carbonyl (C=O) groups excluding carboxylic acids is 1. The van der Waals surface area contributed by atoms with Crippen molar-refractivity contribution in [3.8, 4) is 11.8 Å². The minimum absolute atomic E-state index is 0.334. The van der Waals surface area contributed by atoms with Crippen LogP contribution in [-0.2, 0) is 4.74 Å². The number of furan rings is 1. The topological polar surface area (TPSA) is 42.7 Å². The number of ether oxygens (including phenoxy) is 1. The summed E-state index contributed by atoms with van der Waals surface area (Å²) in [6.45, 7) is 6.05. The average molecular weight is 380 g/mol. The molecule has 2 aromatic rings. The third kappa shape index (κ3) is 5.79. The summed E-state index contributed by atoms with van der Waals surface area (Å²) in [5, 5.41) is 0. The number of unbranched alkanes of at least 4 members (excludes halogenated alkanes) is 2. The van der Waals surface area contributed by atoms with Gasteiger partial charge in [0.2, 0.25) is 0 Å². The van der Waals surface area contributed by atoms with Crippen LogP contribution in [0.2, 0.25) is 0 Å². The Bertz CT molecular complexity index is 877. The van der Waals surface area contributed by atoms with Crippen LogP contribution in [0.15, 0.2) is 40.8 Å². The monoisotopic (exact) mass is 379 g/mol. The molecular weight excluding hydrogens is 350 g/mol. The number of rotatable bonds is 7. The minimum atomic E-state index is -0.366. The van der Waals surface area contributed by atoms with Crippen molar-refractivity contribution < 1.29 is 13.9 Å². The Hall–Kier alpha value is -2.93. The lowest BCUT2D eigenvalue weighted by Gasteiger charge is -2.11. The summed E-state index contributed by atoms with van der Waals surface area (Å²) in [6.07, 6.45) is 5.17. The summed E-state index contributed by atoms with van der Waals surface area (Å²) < 4.78 is 10.9. The molecule has 0 saturated carbocycles. The molecule has 0 amide bonds. The Kier molecular flexibility index (Phi) is 7.95. The molecule has 0 bridgehead atoms. The SMILES string of the molecule is CCCC/C=C(\C#Cc1ccc(N(C)C)cc1)c1cc(C(=O)OCC)c(C)o1. The number of esters is 1. The van der Waals surface area contributed by atoms with Gasteiger partial charge < -0.3 is 14.1 Å². The van der Waals surface area contributed by atoms with E-state index in [1.54, 1.807) is 19.9 Å². The zero-order chi connectivity index (χ0) is 20.5. The van der Waals surface area contributed by atoms with Crippen LogP contribution in [0.25, 0.3) is 5.57 Å². The first-order valence-electron chi connectivity index (χ1n) is 9.73. The normalized spacial score (nSPS) is 11.0. The van der Waals surface area contributed by atoms with E-state index in [9.17, 15) is 4.79 Å². The second kappa shape index (κ2) is 10.4. The third-order valence-corrected chi connectivity index (χ3v) is 4.31. The van der Waals surface area contributed by atoms with Gasteiger partial charge in [-0.05, 0) is 50.6 Å². The van der Waals surface area contributed by atoms with Crippen LogP contribution in [0.5, 0.6) is 0 Å². The number of allylic oxidation sites excluding steroid dienone is 2. The summed E-state index contributed by atoms with van der Waals surface area (Å²) in [4.78, 5) is 14.1. The van der Waals surface area contributed by atoms with Crippen LogP contribution in [0.3, 0.4) is 0 Å². The van der Waals surface area contributed by atoms with Gasteiger partial charge in [-0.15, -0.1) is 0 Å². The maximum atomic E-state index is 12.1. The second-order valence-corrected chi connectivity index (χ2v) is 6.75. The molecular formula is C24H29NO3. The minimum Gasteiger partial charge on any atom is -0.462 e. The predicted molar refractivity (Wildman–Crippen MR) is 115 cm³/mol. The van der Waals surface area contributed by atoms with Gasteiger partial charge in [-0.3, -0.25) is 0 Å². The van der Waals surface area contributed by atoms with Gasteiger partial charge in [-0.1, -0.05) is 37.7 Å². The largest absolute Gasteiger partial charge is 0.462 e. The molecule has 148 valence electrons. The molecule has 0 aliphatic rings. The number of carbonyl (C=O) groups is 1. The number of anilines is 1. The van der Waals surface area contributed by atoms with Crippen LogP contribution < -0.4 is 4.90 Å². The van der Waals surface area contributed by atoms with E-state index < -0.39 is 0 Å². The zero-order valence-electron chi connectivity index (χ0n) is 17.5. The van der Waals surface area contributed by atoms with Crippen LogP contribution in [-0.4, -0.2) is 26.7 Å². The summed E-state index contributed by atoms with van der Waals surface area (Å²) in [7, 11) is 4.02. The number of hydrogen-bond donors (Lipinski definition) is 0. The molecule has 1 aromatic heterocycles. The summed E-state index contributed by atoms with van der Waals surface area (Å²) in [5.41, 5.74) is 3.31. The van der Waals surface area contributed by atoms with E-state index in [1.807, 2.05) is 38.4 Å². The highest BCUT2D eigenvalue weighted by molar-refractivity contribution is 5.92. The third-order valence-electron chi connectivity index (χ3n) is 4.31. The maximum Gasteiger partial charge on any atom is 0.341 e. The van der Waals surface area contributed by atoms with Crippen molar-refractivity contribution in [1.82, 2.24) is 0 Å². The highest BCUT2D eigenvalue weighted by atomic mass is 16.5. The lowest BCUT2D eigenvalue weighted by Crippen LogP contribution is -2.07. The molecule has 0 aliphatic carbocycles. The van der Waals surface area contributed by atoms with Crippen LogP contribution in [0.4, 0.5) is 5.69 Å². The van der Waals surface area contributed by atoms with Gasteiger partial charge in [0.25, 0.3) is 0 Å². The van der Waals surface area contributed by atoms with E-state index in [-0.39, 0.29) is 5.97 Å². The van der Waals surface area contributed by atoms with E-state index in [4.69, 9.17) is 9.15 Å². The Labute approximate surface area is 168 Å². The van der Waals surface area contributed by atoms with Gasteiger partial charge in [0.05, 0.1) is 12.2 Å². The highest BCUT2D eigenvalue weighted by Crippen LogP contribution is 2.23. The van der Waals surface area contributed by atoms with Crippen molar-refractivity contribution in [2.75, 3.05) is 25.6 Å². The van der Waals surface area contributed by atoms with Crippen molar-refractivity contribution in [3.05, 3.63) is 59.1 Å². The van der Waals surface area contributed by atoms with Gasteiger partial charge in [-0.25, -0.2) is 4.79 Å². The van der Waals surface area contributed by atoms with Crippen LogP contribution in [0.1, 0.15) is 60.6 Å². The second-order valence-electron chi connectivity index (χ2n) is 6.75. The molecule has 1 aromatic carbocycles. The molecule has 0 unspecified atom stereocenters. The molecule has 0 radical (unpaired) electrons. The fraction of sp³-hybridized carbons (Fsp3) is 0.375. The van der Waals surface area contributed by atoms with Crippen molar-refractivity contribution in [3.63, 3.8) is 0 Å². The van der Waals surface area contributed by atoms with Crippen molar-refractivity contribution >= 4 is 17.2 Å². The fourth-order valence-electron chi connectivity index (χ4n) is 2.67. The van der Waals surface area contributed by atoms with E-state index >= 15 is 0 Å². The lowest BCUT2D eigenvalue weighted by molar-refractivity contribution is 0.0524. The zero-order valence-corrected chi connectivity index (χ0v) is 17.5. The van der Waals surface area contributed by atoms with Gasteiger partial charge in [0.1, 0.15) is 17.1 Å². The van der Waals surface area contributed by atoms with E-state index in [0.717, 1.165) is 36.1 Å². The first kappa shape index (κ1) is 21.4. The van der Waals surface area contributed by atoms with E-state index in [0.29, 0.717) is 23.7 Å². The molecule has 0 spiro atoms. The van der Waals surface area contributed by atoms with Gasteiger partial charge in [-0.2, -0.15) is 0 Å². The number of aryl methyl sites for hydroxylation is 1. The van der Waals surface area contributed by atoms with Gasteiger partial charge in [0, 0.05) is 25.3 Å². The van der Waals surface area contributed by atoms with Crippen molar-refractivity contribution in [2.24, 2.45) is 0 Å². The number of hydrogen-bond acceptors (Lipinski definition) is 4. The number of benzene rings is 1. The predicted octanol–water partition coefficient (Wildman–Crippen LogP) is 5.46. The molecule has 0 N–H and O–H groups in total. The Balaban J connectivity index is 2.32. The Morgan fingerprint density at radius 2 is 1.93 bits per heavy atom. The highest BCUT2D eigenvalue weighted by Gasteiger charge is 2.17. The Morgan fingerprint density at radius 3 is 2.54 bits per heavy atom. The lowest BCUT2D eigenvalue weighted by atomic mass is 10.1. The summed E-state index contributed by atoms with van der Waals surface area (Å²) in [5.74, 6) is 7.22. The Morgan fingerprint density at radius 1 is 1.21 bits per heavy atom. The molecule has 0 atom stereocenters. The maximum absolute atomic E-state index is 12.1.